The van der Waals surface area contributed by atoms with Crippen molar-refractivity contribution in [1.29, 1.82) is 0 Å². The second-order valence-corrected chi connectivity index (χ2v) is 4.52. The number of carboxylic acid groups (broad SMARTS) is 1. The molecule has 1 aromatic rings. The van der Waals surface area contributed by atoms with Gasteiger partial charge in [0.05, 0.1) is 0 Å². The third kappa shape index (κ3) is 3.32. The Hall–Kier alpha value is -1.84. The monoisotopic (exact) mass is 249 g/mol. The van der Waals surface area contributed by atoms with Gasteiger partial charge in [0.1, 0.15) is 5.82 Å². The molecular formula is C14H16FNO2. The van der Waals surface area contributed by atoms with Gasteiger partial charge in [-0.25, -0.2) is 9.18 Å². The summed E-state index contributed by atoms with van der Waals surface area (Å²) in [4.78, 5) is 12.2. The van der Waals surface area contributed by atoms with E-state index in [2.05, 4.69) is 6.08 Å². The smallest absolute Gasteiger partial charge is 0.407 e. The molecule has 0 spiro atoms. The zero-order valence-corrected chi connectivity index (χ0v) is 10.1. The highest BCUT2D eigenvalue weighted by Gasteiger charge is 2.20. The number of benzene rings is 1. The van der Waals surface area contributed by atoms with Crippen molar-refractivity contribution in [3.05, 3.63) is 41.7 Å². The quantitative estimate of drug-likeness (QED) is 0.874. The maximum atomic E-state index is 12.7. The molecule has 1 saturated heterocycles. The van der Waals surface area contributed by atoms with Crippen molar-refractivity contribution >= 4 is 12.2 Å². The molecule has 96 valence electrons. The van der Waals surface area contributed by atoms with Gasteiger partial charge in [-0.05, 0) is 36.5 Å². The zero-order valence-electron chi connectivity index (χ0n) is 10.1. The Morgan fingerprint density at radius 3 is 2.44 bits per heavy atom. The van der Waals surface area contributed by atoms with Crippen molar-refractivity contribution in [2.24, 2.45) is 5.92 Å². The lowest BCUT2D eigenvalue weighted by atomic mass is 9.96. The summed E-state index contributed by atoms with van der Waals surface area (Å²) in [6.45, 7) is 1.18. The van der Waals surface area contributed by atoms with Gasteiger partial charge in [0.25, 0.3) is 0 Å². The number of piperidine rings is 1. The molecule has 0 atom stereocenters. The molecule has 0 aromatic heterocycles. The fraction of sp³-hybridized carbons (Fsp3) is 0.357. The molecule has 1 aliphatic heterocycles. The summed E-state index contributed by atoms with van der Waals surface area (Å²) in [5, 5.41) is 8.83. The van der Waals surface area contributed by atoms with E-state index in [-0.39, 0.29) is 5.82 Å². The van der Waals surface area contributed by atoms with Gasteiger partial charge in [0.15, 0.2) is 0 Å². The van der Waals surface area contributed by atoms with Crippen molar-refractivity contribution in [3.63, 3.8) is 0 Å². The van der Waals surface area contributed by atoms with Crippen LogP contribution in [-0.4, -0.2) is 29.2 Å². The van der Waals surface area contributed by atoms with Gasteiger partial charge in [-0.15, -0.1) is 0 Å². The minimum absolute atomic E-state index is 0.234. The molecule has 18 heavy (non-hydrogen) atoms. The topological polar surface area (TPSA) is 40.5 Å². The number of nitrogens with zero attached hydrogens (tertiary/aromatic N) is 1. The van der Waals surface area contributed by atoms with Crippen LogP contribution >= 0.6 is 0 Å². The summed E-state index contributed by atoms with van der Waals surface area (Å²) in [5.41, 5.74) is 0.970. The first-order valence-corrected chi connectivity index (χ1v) is 6.07. The molecule has 3 nitrogen and oxygen atoms in total. The SMILES string of the molecule is O=C(O)N1CCC(C=Cc2ccc(F)cc2)CC1. The van der Waals surface area contributed by atoms with Gasteiger partial charge in [-0.2, -0.15) is 0 Å². The number of hydrogen-bond donors (Lipinski definition) is 1. The van der Waals surface area contributed by atoms with Crippen LogP contribution < -0.4 is 0 Å². The lowest BCUT2D eigenvalue weighted by Crippen LogP contribution is -2.36. The van der Waals surface area contributed by atoms with Gasteiger partial charge in [-0.1, -0.05) is 24.3 Å². The molecule has 1 heterocycles. The van der Waals surface area contributed by atoms with Gasteiger partial charge in [0, 0.05) is 13.1 Å². The highest BCUT2D eigenvalue weighted by atomic mass is 19.1. The minimum Gasteiger partial charge on any atom is -0.465 e. The van der Waals surface area contributed by atoms with Crippen molar-refractivity contribution in [2.45, 2.75) is 12.8 Å². The first-order chi connectivity index (χ1) is 8.65. The van der Waals surface area contributed by atoms with Crippen LogP contribution in [0.15, 0.2) is 30.3 Å². The van der Waals surface area contributed by atoms with Crippen LogP contribution in [0.4, 0.5) is 9.18 Å². The molecule has 0 saturated carbocycles. The largest absolute Gasteiger partial charge is 0.465 e. The summed E-state index contributed by atoms with van der Waals surface area (Å²) in [5.74, 6) is 0.174. The average molecular weight is 249 g/mol. The number of likely N-dealkylation sites (tertiary alicyclic amines) is 1. The van der Waals surface area contributed by atoms with E-state index in [1.54, 1.807) is 12.1 Å². The second-order valence-electron chi connectivity index (χ2n) is 4.52. The molecule has 1 N–H and O–H groups in total. The van der Waals surface area contributed by atoms with E-state index >= 15 is 0 Å². The summed E-state index contributed by atoms with van der Waals surface area (Å²) in [7, 11) is 0. The van der Waals surface area contributed by atoms with E-state index in [1.807, 2.05) is 6.08 Å². The third-order valence-corrected chi connectivity index (χ3v) is 3.24. The highest BCUT2D eigenvalue weighted by Crippen LogP contribution is 2.19. The van der Waals surface area contributed by atoms with Crippen LogP contribution in [-0.2, 0) is 0 Å². The fourth-order valence-corrected chi connectivity index (χ4v) is 2.10. The molecule has 2 rings (SSSR count). The molecule has 0 radical (unpaired) electrons. The normalized spacial score (nSPS) is 17.3. The molecular weight excluding hydrogens is 233 g/mol. The Kier molecular flexibility index (Phi) is 3.97. The van der Waals surface area contributed by atoms with E-state index < -0.39 is 6.09 Å². The fourth-order valence-electron chi connectivity index (χ4n) is 2.10. The molecule has 0 unspecified atom stereocenters. The molecule has 1 aromatic carbocycles. The molecule has 1 aliphatic rings. The van der Waals surface area contributed by atoms with Crippen LogP contribution in [0.3, 0.4) is 0 Å². The Morgan fingerprint density at radius 1 is 1.28 bits per heavy atom. The number of rotatable bonds is 2. The summed E-state index contributed by atoms with van der Waals surface area (Å²) in [6.07, 6.45) is 4.93. The Labute approximate surface area is 106 Å². The lowest BCUT2D eigenvalue weighted by Gasteiger charge is -2.28. The lowest BCUT2D eigenvalue weighted by molar-refractivity contribution is 0.129. The average Bonchev–Trinajstić information content (AvgIpc) is 2.38. The van der Waals surface area contributed by atoms with Crippen LogP contribution in [0.2, 0.25) is 0 Å². The van der Waals surface area contributed by atoms with Crippen LogP contribution in [0, 0.1) is 11.7 Å². The van der Waals surface area contributed by atoms with E-state index in [0.29, 0.717) is 19.0 Å². The maximum Gasteiger partial charge on any atom is 0.407 e. The molecule has 1 fully saturated rings. The zero-order chi connectivity index (χ0) is 13.0. The number of hydrogen-bond acceptors (Lipinski definition) is 1. The van der Waals surface area contributed by atoms with Crippen molar-refractivity contribution in [2.75, 3.05) is 13.1 Å². The van der Waals surface area contributed by atoms with Gasteiger partial charge in [0.2, 0.25) is 0 Å². The Balaban J connectivity index is 1.87. The van der Waals surface area contributed by atoms with Crippen molar-refractivity contribution < 1.29 is 14.3 Å². The minimum atomic E-state index is -0.837. The maximum absolute atomic E-state index is 12.7. The van der Waals surface area contributed by atoms with Crippen molar-refractivity contribution in [1.82, 2.24) is 4.90 Å². The predicted octanol–water partition coefficient (Wildman–Crippen LogP) is 3.23. The molecule has 0 aliphatic carbocycles. The van der Waals surface area contributed by atoms with Crippen LogP contribution in [0.5, 0.6) is 0 Å². The number of halogens is 1. The van der Waals surface area contributed by atoms with Crippen LogP contribution in [0.25, 0.3) is 6.08 Å². The third-order valence-electron chi connectivity index (χ3n) is 3.24. The van der Waals surface area contributed by atoms with Crippen LogP contribution in [0.1, 0.15) is 18.4 Å². The van der Waals surface area contributed by atoms with E-state index in [4.69, 9.17) is 5.11 Å². The van der Waals surface area contributed by atoms with E-state index in [0.717, 1.165) is 18.4 Å². The summed E-state index contributed by atoms with van der Waals surface area (Å²) in [6, 6.07) is 6.34. The standard InChI is InChI=1S/C14H16FNO2/c15-13-5-3-11(4-6-13)1-2-12-7-9-16(10-8-12)14(17)18/h1-6,12H,7-10H2,(H,17,18). The van der Waals surface area contributed by atoms with E-state index in [9.17, 15) is 9.18 Å². The Morgan fingerprint density at radius 2 is 1.89 bits per heavy atom. The van der Waals surface area contributed by atoms with Gasteiger partial charge >= 0.3 is 6.09 Å². The first-order valence-electron chi connectivity index (χ1n) is 6.07. The van der Waals surface area contributed by atoms with E-state index in [1.165, 1.54) is 17.0 Å². The summed E-state index contributed by atoms with van der Waals surface area (Å²) >= 11 is 0. The molecule has 0 bridgehead atoms. The summed E-state index contributed by atoms with van der Waals surface area (Å²) < 4.78 is 12.7. The van der Waals surface area contributed by atoms with Crippen molar-refractivity contribution in [3.8, 4) is 0 Å². The van der Waals surface area contributed by atoms with Gasteiger partial charge < -0.3 is 10.0 Å². The number of allylic oxidation sites excluding steroid dienone is 1. The Bertz CT molecular complexity index is 434. The number of amides is 1. The van der Waals surface area contributed by atoms with Gasteiger partial charge in [-0.3, -0.25) is 0 Å². The number of carbonyl (C=O) groups is 1. The second kappa shape index (κ2) is 5.67. The predicted molar refractivity (Wildman–Crippen MR) is 67.8 cm³/mol. The molecule has 4 heteroatoms. The first kappa shape index (κ1) is 12.6. The highest BCUT2D eigenvalue weighted by molar-refractivity contribution is 5.65. The molecule has 1 amide bonds.